The highest BCUT2D eigenvalue weighted by molar-refractivity contribution is 7.91. The lowest BCUT2D eigenvalue weighted by Gasteiger charge is -2.13. The van der Waals surface area contributed by atoms with Gasteiger partial charge in [-0.2, -0.15) is 0 Å². The van der Waals surface area contributed by atoms with Gasteiger partial charge in [-0.25, -0.2) is 17.6 Å². The highest BCUT2D eigenvalue weighted by Gasteiger charge is 2.17. The zero-order chi connectivity index (χ0) is 19.2. The number of halogens is 1. The van der Waals surface area contributed by atoms with Crippen LogP contribution in [0.5, 0.6) is 0 Å². The summed E-state index contributed by atoms with van der Waals surface area (Å²) in [7, 11) is -3.32. The van der Waals surface area contributed by atoms with Crippen molar-refractivity contribution in [2.24, 2.45) is 0 Å². The molecule has 7 nitrogen and oxygen atoms in total. The van der Waals surface area contributed by atoms with Gasteiger partial charge in [0.2, 0.25) is 0 Å². The van der Waals surface area contributed by atoms with Gasteiger partial charge in [0.05, 0.1) is 11.5 Å². The predicted molar refractivity (Wildman–Crippen MR) is 95.4 cm³/mol. The summed E-state index contributed by atoms with van der Waals surface area (Å²) >= 11 is 0. The first kappa shape index (κ1) is 20.1. The Kier molecular flexibility index (Phi) is 6.87. The molecule has 2 rings (SSSR count). The Balaban J connectivity index is 1.77. The smallest absolute Gasteiger partial charge is 0.330 e. The van der Waals surface area contributed by atoms with E-state index in [1.54, 1.807) is 19.1 Å². The third kappa shape index (κ3) is 6.23. The summed E-state index contributed by atoms with van der Waals surface area (Å²) in [4.78, 5) is 24.5. The zero-order valence-electron chi connectivity index (χ0n) is 14.4. The molecule has 0 unspecified atom stereocenters. The van der Waals surface area contributed by atoms with Crippen LogP contribution in [-0.4, -0.2) is 36.1 Å². The van der Waals surface area contributed by atoms with Crippen LogP contribution in [-0.2, 0) is 21.3 Å². The van der Waals surface area contributed by atoms with Crippen LogP contribution in [0.2, 0.25) is 0 Å². The second-order valence-corrected chi connectivity index (χ2v) is 8.27. The fourth-order valence-corrected chi connectivity index (χ4v) is 4.14. The molecule has 0 fully saturated rings. The minimum Gasteiger partial charge on any atom is -0.361 e. The van der Waals surface area contributed by atoms with Gasteiger partial charge in [-0.15, -0.1) is 0 Å². The van der Waals surface area contributed by atoms with Crippen LogP contribution < -0.4 is 11.2 Å². The fraction of sp³-hybridized carbons (Fsp3) is 0.412. The SMILES string of the molecule is C[C@@H](CS(=O)(=O)CCCOCn1ccc(=O)[nH]c1=O)c1cccc(F)c1. The number of benzene rings is 1. The molecular formula is C17H21FN2O5S. The molecule has 2 aromatic rings. The minimum absolute atomic E-state index is 0.0623. The van der Waals surface area contributed by atoms with E-state index in [9.17, 15) is 22.4 Å². The van der Waals surface area contributed by atoms with E-state index < -0.39 is 26.9 Å². The molecule has 142 valence electrons. The van der Waals surface area contributed by atoms with Crippen LogP contribution in [0, 0.1) is 5.82 Å². The number of H-pyrrole nitrogens is 1. The Morgan fingerprint density at radius 3 is 2.73 bits per heavy atom. The van der Waals surface area contributed by atoms with Gasteiger partial charge in [0.1, 0.15) is 12.5 Å². The summed E-state index contributed by atoms with van der Waals surface area (Å²) in [5.74, 6) is -0.836. The fourth-order valence-electron chi connectivity index (χ4n) is 2.46. The van der Waals surface area contributed by atoms with Crippen LogP contribution in [0.25, 0.3) is 0 Å². The molecule has 0 amide bonds. The summed E-state index contributed by atoms with van der Waals surface area (Å²) in [5.41, 5.74) is -0.443. The molecule has 0 aliphatic rings. The van der Waals surface area contributed by atoms with Crippen LogP contribution in [0.1, 0.15) is 24.8 Å². The van der Waals surface area contributed by atoms with Crippen molar-refractivity contribution < 1.29 is 17.5 Å². The molecule has 0 bridgehead atoms. The molecule has 1 heterocycles. The molecule has 0 radical (unpaired) electrons. The largest absolute Gasteiger partial charge is 0.361 e. The number of sulfone groups is 1. The minimum atomic E-state index is -3.32. The molecule has 26 heavy (non-hydrogen) atoms. The first-order valence-electron chi connectivity index (χ1n) is 8.10. The maximum atomic E-state index is 13.2. The van der Waals surface area contributed by atoms with E-state index in [4.69, 9.17) is 4.74 Å². The summed E-state index contributed by atoms with van der Waals surface area (Å²) in [6, 6.07) is 7.11. The van der Waals surface area contributed by atoms with Gasteiger partial charge < -0.3 is 4.74 Å². The summed E-state index contributed by atoms with van der Waals surface area (Å²) in [6.45, 7) is 1.82. The van der Waals surface area contributed by atoms with E-state index in [-0.39, 0.29) is 37.2 Å². The van der Waals surface area contributed by atoms with Crippen molar-refractivity contribution in [3.63, 3.8) is 0 Å². The Morgan fingerprint density at radius 1 is 1.27 bits per heavy atom. The van der Waals surface area contributed by atoms with Gasteiger partial charge >= 0.3 is 5.69 Å². The molecule has 0 spiro atoms. The Bertz CT molecular complexity index is 952. The predicted octanol–water partition coefficient (Wildman–Crippen LogP) is 1.26. The van der Waals surface area contributed by atoms with Crippen molar-refractivity contribution in [3.8, 4) is 0 Å². The number of aromatic amines is 1. The van der Waals surface area contributed by atoms with Crippen molar-refractivity contribution in [2.75, 3.05) is 18.1 Å². The number of nitrogens with zero attached hydrogens (tertiary/aromatic N) is 1. The molecule has 0 aliphatic heterocycles. The van der Waals surface area contributed by atoms with E-state index in [2.05, 4.69) is 4.98 Å². The Hall–Kier alpha value is -2.26. The molecule has 1 atom stereocenters. The van der Waals surface area contributed by atoms with Crippen LogP contribution in [0.15, 0.2) is 46.1 Å². The average molecular weight is 384 g/mol. The van der Waals surface area contributed by atoms with E-state index in [0.717, 1.165) is 0 Å². The summed E-state index contributed by atoms with van der Waals surface area (Å²) in [6.07, 6.45) is 1.58. The second kappa shape index (κ2) is 8.91. The number of aromatic nitrogens is 2. The van der Waals surface area contributed by atoms with Gasteiger partial charge in [-0.3, -0.25) is 14.3 Å². The van der Waals surface area contributed by atoms with E-state index in [1.165, 1.54) is 29.0 Å². The second-order valence-electron chi connectivity index (χ2n) is 6.04. The Labute approximate surface area is 150 Å². The lowest BCUT2D eigenvalue weighted by atomic mass is 10.0. The number of hydrogen-bond donors (Lipinski definition) is 1. The molecule has 1 N–H and O–H groups in total. The monoisotopic (exact) mass is 384 g/mol. The Morgan fingerprint density at radius 2 is 2.04 bits per heavy atom. The number of hydrogen-bond acceptors (Lipinski definition) is 5. The van der Waals surface area contributed by atoms with Gasteiger partial charge in [0.15, 0.2) is 9.84 Å². The van der Waals surface area contributed by atoms with Gasteiger partial charge in [0, 0.05) is 18.9 Å². The normalized spacial score (nSPS) is 12.8. The van der Waals surface area contributed by atoms with Crippen molar-refractivity contribution in [2.45, 2.75) is 26.0 Å². The van der Waals surface area contributed by atoms with Crippen LogP contribution in [0.4, 0.5) is 4.39 Å². The maximum Gasteiger partial charge on any atom is 0.330 e. The highest BCUT2D eigenvalue weighted by Crippen LogP contribution is 2.18. The van der Waals surface area contributed by atoms with Crippen molar-refractivity contribution in [1.82, 2.24) is 9.55 Å². The molecular weight excluding hydrogens is 363 g/mol. The van der Waals surface area contributed by atoms with Crippen LogP contribution >= 0.6 is 0 Å². The van der Waals surface area contributed by atoms with E-state index >= 15 is 0 Å². The van der Waals surface area contributed by atoms with Gasteiger partial charge in [0.25, 0.3) is 5.56 Å². The topological polar surface area (TPSA) is 98.2 Å². The zero-order valence-corrected chi connectivity index (χ0v) is 15.2. The van der Waals surface area contributed by atoms with Crippen molar-refractivity contribution in [3.05, 3.63) is 68.7 Å². The van der Waals surface area contributed by atoms with Gasteiger partial charge in [-0.05, 0) is 30.0 Å². The average Bonchev–Trinajstić information content (AvgIpc) is 2.56. The van der Waals surface area contributed by atoms with Crippen LogP contribution in [0.3, 0.4) is 0 Å². The lowest BCUT2D eigenvalue weighted by molar-refractivity contribution is 0.0745. The summed E-state index contributed by atoms with van der Waals surface area (Å²) < 4.78 is 44.0. The quantitative estimate of drug-likeness (QED) is 0.657. The number of rotatable bonds is 9. The molecule has 1 aromatic heterocycles. The first-order chi connectivity index (χ1) is 12.3. The molecule has 0 aliphatic carbocycles. The lowest BCUT2D eigenvalue weighted by Crippen LogP contribution is -2.29. The van der Waals surface area contributed by atoms with Crippen molar-refractivity contribution in [1.29, 1.82) is 0 Å². The molecule has 9 heteroatoms. The van der Waals surface area contributed by atoms with E-state index in [1.807, 2.05) is 0 Å². The standard InChI is InChI=1S/C17H21FN2O5S/c1-13(14-4-2-5-15(18)10-14)11-26(23,24)9-3-8-25-12-20-7-6-16(21)19-17(20)22/h2,4-7,10,13H,3,8-9,11-12H2,1H3,(H,19,21,22)/t13-/m0/s1. The first-order valence-corrected chi connectivity index (χ1v) is 9.92. The third-order valence-corrected chi connectivity index (χ3v) is 5.71. The number of nitrogens with one attached hydrogen (secondary N) is 1. The van der Waals surface area contributed by atoms with Gasteiger partial charge in [-0.1, -0.05) is 19.1 Å². The van der Waals surface area contributed by atoms with Crippen molar-refractivity contribution >= 4 is 9.84 Å². The number of ether oxygens (including phenoxy) is 1. The highest BCUT2D eigenvalue weighted by atomic mass is 32.2. The van der Waals surface area contributed by atoms with E-state index in [0.29, 0.717) is 5.56 Å². The molecule has 1 aromatic carbocycles. The molecule has 0 saturated carbocycles. The summed E-state index contributed by atoms with van der Waals surface area (Å²) in [5, 5.41) is 0. The molecule has 0 saturated heterocycles. The maximum absolute atomic E-state index is 13.2. The third-order valence-electron chi connectivity index (χ3n) is 3.79.